The van der Waals surface area contributed by atoms with Crippen molar-refractivity contribution in [1.29, 1.82) is 0 Å². The molecule has 1 unspecified atom stereocenters. The third-order valence-corrected chi connectivity index (χ3v) is 6.95. The summed E-state index contributed by atoms with van der Waals surface area (Å²) >= 11 is 12.8. The van der Waals surface area contributed by atoms with Gasteiger partial charge >= 0.3 is 0 Å². The molecule has 1 fully saturated rings. The second kappa shape index (κ2) is 6.28. The van der Waals surface area contributed by atoms with Crippen LogP contribution in [0.4, 0.5) is 0 Å². The van der Waals surface area contributed by atoms with E-state index in [1.54, 1.807) is 0 Å². The molecule has 2 heterocycles. The Morgan fingerprint density at radius 1 is 1.42 bits per heavy atom. The van der Waals surface area contributed by atoms with E-state index >= 15 is 0 Å². The van der Waals surface area contributed by atoms with Gasteiger partial charge in [0.1, 0.15) is 9.23 Å². The molecule has 1 aromatic rings. The fraction of sp³-hybridized carbons (Fsp3) is 0.636. The van der Waals surface area contributed by atoms with Gasteiger partial charge in [-0.15, -0.1) is 11.3 Å². The van der Waals surface area contributed by atoms with Crippen LogP contribution in [0.15, 0.2) is 11.0 Å². The summed E-state index contributed by atoms with van der Waals surface area (Å²) in [5, 5.41) is 9.06. The predicted octanol–water partition coefficient (Wildman–Crippen LogP) is 2.98. The van der Waals surface area contributed by atoms with Gasteiger partial charge in [0.25, 0.3) is 0 Å². The van der Waals surface area contributed by atoms with Crippen molar-refractivity contribution in [1.82, 2.24) is 4.31 Å². The van der Waals surface area contributed by atoms with Crippen molar-refractivity contribution < 1.29 is 13.5 Å². The number of nitrogens with zero attached hydrogens (tertiary/aromatic N) is 1. The fourth-order valence-electron chi connectivity index (χ4n) is 2.36. The van der Waals surface area contributed by atoms with E-state index in [0.717, 1.165) is 30.6 Å². The lowest BCUT2D eigenvalue weighted by Crippen LogP contribution is -2.44. The number of halogens is 2. The van der Waals surface area contributed by atoms with Gasteiger partial charge in [0, 0.05) is 19.2 Å². The number of hydrogen-bond acceptors (Lipinski definition) is 4. The smallest absolute Gasteiger partial charge is 0.245 e. The lowest BCUT2D eigenvalue weighted by molar-refractivity contribution is 0.192. The summed E-state index contributed by atoms with van der Waals surface area (Å²) in [6, 6.07) is 1.24. The molecule has 0 aliphatic carbocycles. The van der Waals surface area contributed by atoms with Crippen LogP contribution >= 0.6 is 34.5 Å². The molecule has 1 aliphatic rings. The first-order valence-corrected chi connectivity index (χ1v) is 9.05. The minimum Gasteiger partial charge on any atom is -0.396 e. The number of hydrogen-bond donors (Lipinski definition) is 1. The Morgan fingerprint density at radius 2 is 2.16 bits per heavy atom. The van der Waals surface area contributed by atoms with E-state index < -0.39 is 10.0 Å². The van der Waals surface area contributed by atoms with Crippen LogP contribution in [0, 0.1) is 0 Å². The summed E-state index contributed by atoms with van der Waals surface area (Å²) < 4.78 is 27.2. The molecule has 0 spiro atoms. The zero-order valence-electron chi connectivity index (χ0n) is 10.2. The molecule has 0 bridgehead atoms. The lowest BCUT2D eigenvalue weighted by atomic mass is 10.0. The topological polar surface area (TPSA) is 57.6 Å². The largest absolute Gasteiger partial charge is 0.396 e. The molecule has 0 radical (unpaired) electrons. The van der Waals surface area contributed by atoms with Crippen molar-refractivity contribution >= 4 is 44.6 Å². The number of piperidine rings is 1. The van der Waals surface area contributed by atoms with Gasteiger partial charge in [-0.1, -0.05) is 29.6 Å². The van der Waals surface area contributed by atoms with Gasteiger partial charge in [0.2, 0.25) is 10.0 Å². The highest BCUT2D eigenvalue weighted by Gasteiger charge is 2.35. The van der Waals surface area contributed by atoms with Crippen LogP contribution in [0.2, 0.25) is 8.67 Å². The van der Waals surface area contributed by atoms with Crippen LogP contribution in [-0.4, -0.2) is 37.0 Å². The first-order valence-electron chi connectivity index (χ1n) is 6.04. The zero-order valence-corrected chi connectivity index (χ0v) is 13.3. The minimum atomic E-state index is -3.63. The van der Waals surface area contributed by atoms with E-state index in [2.05, 4.69) is 0 Å². The molecular formula is C11H15Cl2NO3S2. The van der Waals surface area contributed by atoms with Crippen molar-refractivity contribution in [2.75, 3.05) is 13.2 Å². The van der Waals surface area contributed by atoms with E-state index in [4.69, 9.17) is 28.3 Å². The summed E-state index contributed by atoms with van der Waals surface area (Å²) in [5.74, 6) is 0. The van der Waals surface area contributed by atoms with Crippen LogP contribution in [0.5, 0.6) is 0 Å². The Morgan fingerprint density at radius 3 is 2.74 bits per heavy atom. The maximum Gasteiger partial charge on any atom is 0.245 e. The second-order valence-electron chi connectivity index (χ2n) is 4.47. The lowest BCUT2D eigenvalue weighted by Gasteiger charge is -2.34. The number of aliphatic hydroxyl groups excluding tert-OH is 1. The zero-order chi connectivity index (χ0) is 14.0. The molecule has 0 saturated carbocycles. The molecule has 0 amide bonds. The molecule has 0 aromatic carbocycles. The van der Waals surface area contributed by atoms with Crippen LogP contribution in [0.3, 0.4) is 0 Å². The van der Waals surface area contributed by atoms with Crippen LogP contribution in [-0.2, 0) is 10.0 Å². The normalized spacial score (nSPS) is 21.7. The molecule has 1 N–H and O–H groups in total. The minimum absolute atomic E-state index is 0.0190. The molecule has 2 rings (SSSR count). The Balaban J connectivity index is 2.34. The third-order valence-electron chi connectivity index (χ3n) is 3.25. The highest BCUT2D eigenvalue weighted by atomic mass is 35.5. The average molecular weight is 344 g/mol. The molecule has 1 aliphatic heterocycles. The number of rotatable bonds is 4. The predicted molar refractivity (Wildman–Crippen MR) is 77.6 cm³/mol. The van der Waals surface area contributed by atoms with E-state index in [1.807, 2.05) is 0 Å². The van der Waals surface area contributed by atoms with E-state index in [9.17, 15) is 8.42 Å². The number of thiophene rings is 1. The first-order chi connectivity index (χ1) is 8.96. The van der Waals surface area contributed by atoms with Gasteiger partial charge in [-0.3, -0.25) is 0 Å². The Bertz CT molecular complexity index is 542. The van der Waals surface area contributed by atoms with Crippen LogP contribution < -0.4 is 0 Å². The average Bonchev–Trinajstić information content (AvgIpc) is 2.70. The molecule has 1 atom stereocenters. The van der Waals surface area contributed by atoms with E-state index in [1.165, 1.54) is 10.4 Å². The highest BCUT2D eigenvalue weighted by molar-refractivity contribution is 7.89. The second-order valence-corrected chi connectivity index (χ2v) is 8.61. The van der Waals surface area contributed by atoms with Crippen molar-refractivity contribution in [3.63, 3.8) is 0 Å². The standard InChI is InChI=1S/C11H15Cl2NO3S2/c12-10-7-9(11(13)18-10)19(16,17)14-5-2-1-3-8(14)4-6-15/h7-8,15H,1-6H2. The maximum atomic E-state index is 12.6. The highest BCUT2D eigenvalue weighted by Crippen LogP contribution is 2.37. The number of aliphatic hydroxyl groups is 1. The SMILES string of the molecule is O=S(=O)(c1cc(Cl)sc1Cl)N1CCCCC1CCO. The summed E-state index contributed by atoms with van der Waals surface area (Å²) in [4.78, 5) is 0.0778. The van der Waals surface area contributed by atoms with Gasteiger partial charge < -0.3 is 5.11 Å². The van der Waals surface area contributed by atoms with Crippen molar-refractivity contribution in [2.24, 2.45) is 0 Å². The van der Waals surface area contributed by atoms with Crippen LogP contribution in [0.1, 0.15) is 25.7 Å². The van der Waals surface area contributed by atoms with Crippen molar-refractivity contribution in [3.8, 4) is 0 Å². The van der Waals surface area contributed by atoms with Gasteiger partial charge in [-0.05, 0) is 25.3 Å². The van der Waals surface area contributed by atoms with Gasteiger partial charge in [-0.25, -0.2) is 8.42 Å². The molecule has 1 aromatic heterocycles. The third kappa shape index (κ3) is 3.25. The Hall–Kier alpha value is 0.150. The first kappa shape index (κ1) is 15.5. The Labute approximate surface area is 127 Å². The molecule has 8 heteroatoms. The van der Waals surface area contributed by atoms with Gasteiger partial charge in [0.05, 0.1) is 4.34 Å². The number of sulfonamides is 1. The van der Waals surface area contributed by atoms with E-state index in [-0.39, 0.29) is 21.9 Å². The van der Waals surface area contributed by atoms with Crippen LogP contribution in [0.25, 0.3) is 0 Å². The molecule has 4 nitrogen and oxygen atoms in total. The summed E-state index contributed by atoms with van der Waals surface area (Å²) in [7, 11) is -3.63. The summed E-state index contributed by atoms with van der Waals surface area (Å²) in [5.41, 5.74) is 0. The van der Waals surface area contributed by atoms with E-state index in [0.29, 0.717) is 17.3 Å². The molecular weight excluding hydrogens is 329 g/mol. The molecule has 108 valence electrons. The monoisotopic (exact) mass is 343 g/mol. The van der Waals surface area contributed by atoms with Crippen molar-refractivity contribution in [2.45, 2.75) is 36.6 Å². The Kier molecular flexibility index (Phi) is 5.14. The van der Waals surface area contributed by atoms with Crippen molar-refractivity contribution in [3.05, 3.63) is 14.7 Å². The summed E-state index contributed by atoms with van der Waals surface area (Å²) in [6.45, 7) is 0.450. The fourth-order valence-corrected chi connectivity index (χ4v) is 6.19. The quantitative estimate of drug-likeness (QED) is 0.914. The van der Waals surface area contributed by atoms with Gasteiger partial charge in [0.15, 0.2) is 0 Å². The molecule has 19 heavy (non-hydrogen) atoms. The van der Waals surface area contributed by atoms with Gasteiger partial charge in [-0.2, -0.15) is 4.31 Å². The summed E-state index contributed by atoms with van der Waals surface area (Å²) in [6.07, 6.45) is 3.04. The molecule has 1 saturated heterocycles. The maximum absolute atomic E-state index is 12.6.